The summed E-state index contributed by atoms with van der Waals surface area (Å²) < 4.78 is 83.1. The second-order valence-electron chi connectivity index (χ2n) is 8.21. The third kappa shape index (κ3) is 6.77. The fraction of sp³-hybridized carbons (Fsp3) is 0.269. The number of hydrogen-bond donors (Lipinski definition) is 2. The molecule has 0 bridgehead atoms. The molecule has 0 aliphatic heterocycles. The number of benzene rings is 2. The van der Waals surface area contributed by atoms with E-state index in [2.05, 4.69) is 11.9 Å². The van der Waals surface area contributed by atoms with Crippen molar-refractivity contribution in [1.29, 1.82) is 0 Å². The first-order valence-electron chi connectivity index (χ1n) is 10.6. The SMILES string of the molecule is C=C/C=C\C(=C(/N)C(Cc1ccccc1)(NC(=O)C(C)C)c1cccc(C(F)(F)F)c1)C(F)(F)F. The highest BCUT2D eigenvalue weighted by Crippen LogP contribution is 2.40. The van der Waals surface area contributed by atoms with Gasteiger partial charge in [-0.15, -0.1) is 0 Å². The van der Waals surface area contributed by atoms with E-state index in [1.807, 2.05) is 0 Å². The van der Waals surface area contributed by atoms with E-state index in [9.17, 15) is 31.1 Å². The number of nitrogens with two attached hydrogens (primary N) is 1. The number of amides is 1. The smallest absolute Gasteiger partial charge is 0.399 e. The van der Waals surface area contributed by atoms with Crippen molar-refractivity contribution in [2.45, 2.75) is 38.2 Å². The minimum absolute atomic E-state index is 0.239. The van der Waals surface area contributed by atoms with E-state index in [1.165, 1.54) is 19.9 Å². The molecule has 0 heterocycles. The number of alkyl halides is 6. The largest absolute Gasteiger partial charge is 0.418 e. The Morgan fingerprint density at radius 2 is 1.60 bits per heavy atom. The van der Waals surface area contributed by atoms with Crippen LogP contribution in [-0.2, 0) is 22.9 Å². The summed E-state index contributed by atoms with van der Waals surface area (Å²) in [5.74, 6) is -1.38. The number of carbonyl (C=O) groups is 1. The van der Waals surface area contributed by atoms with E-state index in [-0.39, 0.29) is 12.0 Å². The molecule has 1 unspecified atom stereocenters. The molecule has 0 saturated heterocycles. The summed E-state index contributed by atoms with van der Waals surface area (Å²) in [6.07, 6.45) is -7.28. The average molecular weight is 496 g/mol. The molecule has 0 aliphatic carbocycles. The lowest BCUT2D eigenvalue weighted by Crippen LogP contribution is -2.53. The average Bonchev–Trinajstić information content (AvgIpc) is 2.78. The summed E-state index contributed by atoms with van der Waals surface area (Å²) in [5, 5.41) is 2.55. The number of hydrogen-bond acceptors (Lipinski definition) is 2. The summed E-state index contributed by atoms with van der Waals surface area (Å²) >= 11 is 0. The highest BCUT2D eigenvalue weighted by atomic mass is 19.4. The van der Waals surface area contributed by atoms with Crippen molar-refractivity contribution in [1.82, 2.24) is 5.32 Å². The van der Waals surface area contributed by atoms with Crippen LogP contribution in [0.3, 0.4) is 0 Å². The standard InChI is InChI=1S/C26H26F6N2O/c1-4-5-14-21(26(30,31)32)22(33)24(34-23(35)17(2)3,16-18-10-7-6-8-11-18)19-12-9-13-20(15-19)25(27,28)29/h4-15,17H,1,16,33H2,2-3H3,(H,34,35)/b14-5-,22-21+. The van der Waals surface area contributed by atoms with Crippen molar-refractivity contribution < 1.29 is 31.1 Å². The fourth-order valence-corrected chi connectivity index (χ4v) is 3.49. The number of allylic oxidation sites excluding steroid dienone is 4. The number of carbonyl (C=O) groups excluding carboxylic acids is 1. The van der Waals surface area contributed by atoms with Gasteiger partial charge in [0.25, 0.3) is 0 Å². The van der Waals surface area contributed by atoms with E-state index in [0.29, 0.717) is 17.7 Å². The zero-order valence-electron chi connectivity index (χ0n) is 19.2. The molecule has 2 rings (SSSR count). The maximum Gasteiger partial charge on any atom is 0.418 e. The van der Waals surface area contributed by atoms with Crippen LogP contribution >= 0.6 is 0 Å². The molecule has 9 heteroatoms. The molecular formula is C26H26F6N2O. The number of nitrogens with one attached hydrogen (secondary N) is 1. The summed E-state index contributed by atoms with van der Waals surface area (Å²) in [6.45, 7) is 6.38. The lowest BCUT2D eigenvalue weighted by Gasteiger charge is -2.38. The van der Waals surface area contributed by atoms with E-state index >= 15 is 0 Å². The third-order valence-corrected chi connectivity index (χ3v) is 5.31. The van der Waals surface area contributed by atoms with Crippen LogP contribution < -0.4 is 11.1 Å². The summed E-state index contributed by atoms with van der Waals surface area (Å²) in [4.78, 5) is 12.9. The number of rotatable bonds is 8. The molecule has 0 spiro atoms. The van der Waals surface area contributed by atoms with Crippen LogP contribution in [0.4, 0.5) is 26.3 Å². The summed E-state index contributed by atoms with van der Waals surface area (Å²) in [6, 6.07) is 11.9. The zero-order chi connectivity index (χ0) is 26.4. The van der Waals surface area contributed by atoms with Gasteiger partial charge in [-0.05, 0) is 29.3 Å². The first-order valence-corrected chi connectivity index (χ1v) is 10.6. The highest BCUT2D eigenvalue weighted by molar-refractivity contribution is 5.80. The molecule has 0 aromatic heterocycles. The molecule has 0 saturated carbocycles. The maximum atomic E-state index is 14.1. The first kappa shape index (κ1) is 27.8. The molecule has 188 valence electrons. The lowest BCUT2D eigenvalue weighted by molar-refractivity contribution is -0.137. The zero-order valence-corrected chi connectivity index (χ0v) is 19.2. The van der Waals surface area contributed by atoms with Gasteiger partial charge in [-0.1, -0.05) is 75.0 Å². The molecule has 0 fully saturated rings. The molecule has 1 atom stereocenters. The molecule has 0 aliphatic rings. The molecule has 3 N–H and O–H groups in total. The van der Waals surface area contributed by atoms with Crippen LogP contribution in [0.2, 0.25) is 0 Å². The summed E-state index contributed by atoms with van der Waals surface area (Å²) in [7, 11) is 0. The van der Waals surface area contributed by atoms with Crippen LogP contribution in [0.1, 0.15) is 30.5 Å². The molecule has 0 radical (unpaired) electrons. The topological polar surface area (TPSA) is 55.1 Å². The minimum atomic E-state index is -4.98. The monoisotopic (exact) mass is 496 g/mol. The van der Waals surface area contributed by atoms with Gasteiger partial charge >= 0.3 is 12.4 Å². The van der Waals surface area contributed by atoms with E-state index in [4.69, 9.17) is 5.73 Å². The van der Waals surface area contributed by atoms with Crippen molar-refractivity contribution in [3.63, 3.8) is 0 Å². The molecular weight excluding hydrogens is 470 g/mol. The van der Waals surface area contributed by atoms with Gasteiger partial charge in [0, 0.05) is 12.3 Å². The van der Waals surface area contributed by atoms with Crippen LogP contribution in [0, 0.1) is 5.92 Å². The normalized spacial score (nSPS) is 15.0. The van der Waals surface area contributed by atoms with Gasteiger partial charge in [-0.3, -0.25) is 4.79 Å². The Bertz CT molecular complexity index is 1100. The fourth-order valence-electron chi connectivity index (χ4n) is 3.49. The van der Waals surface area contributed by atoms with Crippen LogP contribution in [-0.4, -0.2) is 12.1 Å². The van der Waals surface area contributed by atoms with Crippen molar-refractivity contribution >= 4 is 5.91 Å². The van der Waals surface area contributed by atoms with Gasteiger partial charge < -0.3 is 11.1 Å². The Labute approximate surface area is 200 Å². The Morgan fingerprint density at radius 1 is 1.00 bits per heavy atom. The number of halogens is 6. The maximum absolute atomic E-state index is 14.1. The molecule has 2 aromatic rings. The van der Waals surface area contributed by atoms with Gasteiger partial charge in [-0.2, -0.15) is 26.3 Å². The van der Waals surface area contributed by atoms with Crippen molar-refractivity contribution in [3.8, 4) is 0 Å². The molecule has 1 amide bonds. The van der Waals surface area contributed by atoms with Crippen LogP contribution in [0.25, 0.3) is 0 Å². The van der Waals surface area contributed by atoms with Crippen molar-refractivity contribution in [2.24, 2.45) is 11.7 Å². The van der Waals surface area contributed by atoms with Gasteiger partial charge in [0.15, 0.2) is 0 Å². The quantitative estimate of drug-likeness (QED) is 0.327. The first-order chi connectivity index (χ1) is 16.2. The predicted octanol–water partition coefficient (Wildman–Crippen LogP) is 6.43. The van der Waals surface area contributed by atoms with E-state index < -0.39 is 46.6 Å². The summed E-state index contributed by atoms with van der Waals surface area (Å²) in [5.41, 5.74) is 1.00. The van der Waals surface area contributed by atoms with Gasteiger partial charge in [0.05, 0.1) is 16.8 Å². The van der Waals surface area contributed by atoms with Crippen molar-refractivity contribution in [2.75, 3.05) is 0 Å². The predicted molar refractivity (Wildman–Crippen MR) is 123 cm³/mol. The molecule has 3 nitrogen and oxygen atoms in total. The Morgan fingerprint density at radius 3 is 2.11 bits per heavy atom. The Hall–Kier alpha value is -3.49. The van der Waals surface area contributed by atoms with E-state index in [1.54, 1.807) is 30.3 Å². The second kappa shape index (κ2) is 10.8. The molecule has 2 aromatic carbocycles. The van der Waals surface area contributed by atoms with Gasteiger partial charge in [-0.25, -0.2) is 0 Å². The Kier molecular flexibility index (Phi) is 8.59. The Balaban J connectivity index is 3.01. The van der Waals surface area contributed by atoms with Crippen LogP contribution in [0.5, 0.6) is 0 Å². The molecule has 35 heavy (non-hydrogen) atoms. The third-order valence-electron chi connectivity index (χ3n) is 5.31. The van der Waals surface area contributed by atoms with Crippen LogP contribution in [0.15, 0.2) is 90.7 Å². The van der Waals surface area contributed by atoms with Crippen molar-refractivity contribution in [3.05, 3.63) is 107 Å². The minimum Gasteiger partial charge on any atom is -0.399 e. The van der Waals surface area contributed by atoms with E-state index in [0.717, 1.165) is 24.3 Å². The lowest BCUT2D eigenvalue weighted by atomic mass is 9.78. The second-order valence-corrected chi connectivity index (χ2v) is 8.21. The highest BCUT2D eigenvalue weighted by Gasteiger charge is 2.45. The van der Waals surface area contributed by atoms with Gasteiger partial charge in [0.1, 0.15) is 5.54 Å². The van der Waals surface area contributed by atoms with Gasteiger partial charge in [0.2, 0.25) is 5.91 Å².